The summed E-state index contributed by atoms with van der Waals surface area (Å²) in [7, 11) is 4.75. The van der Waals surface area contributed by atoms with Crippen molar-refractivity contribution in [1.29, 1.82) is 0 Å². The standard InChI is InChI=1S/C20H25NO5/c1-13(16-12-15(23-3)10-11-17(16)24-4)21-20(22)14(2)26-19-9-7-6-8-18(19)25-5/h6-14H,1-5H3,(H,21,22)/t13-,14-/m0/s1. The van der Waals surface area contributed by atoms with Gasteiger partial charge in [0.05, 0.1) is 27.4 Å². The zero-order valence-electron chi connectivity index (χ0n) is 15.7. The van der Waals surface area contributed by atoms with Crippen LogP contribution in [-0.4, -0.2) is 33.3 Å². The van der Waals surface area contributed by atoms with Gasteiger partial charge in [-0.2, -0.15) is 0 Å². The summed E-state index contributed by atoms with van der Waals surface area (Å²) in [5.74, 6) is 2.23. The van der Waals surface area contributed by atoms with Crippen LogP contribution in [0.5, 0.6) is 23.0 Å². The van der Waals surface area contributed by atoms with Crippen LogP contribution in [0.3, 0.4) is 0 Å². The largest absolute Gasteiger partial charge is 0.497 e. The first kappa shape index (κ1) is 19.4. The van der Waals surface area contributed by atoms with Gasteiger partial charge < -0.3 is 24.3 Å². The van der Waals surface area contributed by atoms with Gasteiger partial charge in [-0.05, 0) is 44.2 Å². The van der Waals surface area contributed by atoms with Crippen LogP contribution in [0.1, 0.15) is 25.5 Å². The molecule has 140 valence electrons. The molecule has 0 saturated heterocycles. The van der Waals surface area contributed by atoms with E-state index < -0.39 is 6.10 Å². The molecule has 0 aliphatic heterocycles. The van der Waals surface area contributed by atoms with Crippen LogP contribution in [-0.2, 0) is 4.79 Å². The fourth-order valence-corrected chi connectivity index (χ4v) is 2.55. The Morgan fingerprint density at radius 2 is 1.54 bits per heavy atom. The molecule has 1 N–H and O–H groups in total. The van der Waals surface area contributed by atoms with Gasteiger partial charge in [-0.25, -0.2) is 0 Å². The minimum atomic E-state index is -0.689. The molecule has 0 heterocycles. The quantitative estimate of drug-likeness (QED) is 0.783. The third-order valence-electron chi connectivity index (χ3n) is 4.00. The van der Waals surface area contributed by atoms with Crippen LogP contribution in [0, 0.1) is 0 Å². The van der Waals surface area contributed by atoms with Crippen molar-refractivity contribution < 1.29 is 23.7 Å². The molecule has 0 spiro atoms. The van der Waals surface area contributed by atoms with E-state index in [1.807, 2.05) is 37.3 Å². The van der Waals surface area contributed by atoms with Crippen molar-refractivity contribution in [2.75, 3.05) is 21.3 Å². The number of benzene rings is 2. The molecular formula is C20H25NO5. The summed E-state index contributed by atoms with van der Waals surface area (Å²) in [4.78, 5) is 12.5. The summed E-state index contributed by atoms with van der Waals surface area (Å²) in [6.07, 6.45) is -0.689. The van der Waals surface area contributed by atoms with Gasteiger partial charge in [0.1, 0.15) is 11.5 Å². The lowest BCUT2D eigenvalue weighted by atomic mass is 10.1. The molecule has 6 nitrogen and oxygen atoms in total. The van der Waals surface area contributed by atoms with E-state index in [-0.39, 0.29) is 11.9 Å². The van der Waals surface area contributed by atoms with Crippen molar-refractivity contribution in [2.24, 2.45) is 0 Å². The lowest BCUT2D eigenvalue weighted by molar-refractivity contribution is -0.128. The summed E-state index contributed by atoms with van der Waals surface area (Å²) in [6, 6.07) is 12.4. The van der Waals surface area contributed by atoms with Gasteiger partial charge in [-0.1, -0.05) is 12.1 Å². The molecule has 26 heavy (non-hydrogen) atoms. The number of amides is 1. The monoisotopic (exact) mass is 359 g/mol. The zero-order valence-corrected chi connectivity index (χ0v) is 15.7. The van der Waals surface area contributed by atoms with E-state index in [0.29, 0.717) is 23.0 Å². The van der Waals surface area contributed by atoms with Crippen molar-refractivity contribution in [3.05, 3.63) is 48.0 Å². The highest BCUT2D eigenvalue weighted by Gasteiger charge is 2.21. The van der Waals surface area contributed by atoms with Crippen LogP contribution in [0.4, 0.5) is 0 Å². The van der Waals surface area contributed by atoms with Crippen molar-refractivity contribution in [3.8, 4) is 23.0 Å². The first-order chi connectivity index (χ1) is 12.5. The van der Waals surface area contributed by atoms with E-state index in [9.17, 15) is 4.79 Å². The van der Waals surface area contributed by atoms with Crippen LogP contribution in [0.25, 0.3) is 0 Å². The molecule has 6 heteroatoms. The fraction of sp³-hybridized carbons (Fsp3) is 0.350. The first-order valence-corrected chi connectivity index (χ1v) is 8.32. The van der Waals surface area contributed by atoms with E-state index in [1.54, 1.807) is 40.4 Å². The molecule has 0 saturated carbocycles. The minimum absolute atomic E-state index is 0.242. The molecule has 0 unspecified atom stereocenters. The normalized spacial score (nSPS) is 12.7. The van der Waals surface area contributed by atoms with Crippen molar-refractivity contribution >= 4 is 5.91 Å². The highest BCUT2D eigenvalue weighted by Crippen LogP contribution is 2.30. The Kier molecular flexibility index (Phi) is 6.72. The smallest absolute Gasteiger partial charge is 0.261 e. The Morgan fingerprint density at radius 3 is 2.15 bits per heavy atom. The molecular weight excluding hydrogens is 334 g/mol. The van der Waals surface area contributed by atoms with E-state index in [0.717, 1.165) is 5.56 Å². The number of para-hydroxylation sites is 2. The Bertz CT molecular complexity index is 747. The van der Waals surface area contributed by atoms with Crippen molar-refractivity contribution in [3.63, 3.8) is 0 Å². The lowest BCUT2D eigenvalue weighted by Gasteiger charge is -2.21. The van der Waals surface area contributed by atoms with Gasteiger partial charge in [0.15, 0.2) is 17.6 Å². The second kappa shape index (κ2) is 8.99. The van der Waals surface area contributed by atoms with Gasteiger partial charge in [-0.3, -0.25) is 4.79 Å². The zero-order chi connectivity index (χ0) is 19.1. The minimum Gasteiger partial charge on any atom is -0.497 e. The van der Waals surface area contributed by atoms with Gasteiger partial charge in [0.2, 0.25) is 0 Å². The SMILES string of the molecule is COc1ccc(OC)c([C@H](C)NC(=O)[C@H](C)Oc2ccccc2OC)c1. The summed E-state index contributed by atoms with van der Waals surface area (Å²) in [6.45, 7) is 3.57. The average molecular weight is 359 g/mol. The Morgan fingerprint density at radius 1 is 0.885 bits per heavy atom. The molecule has 2 aromatic rings. The lowest BCUT2D eigenvalue weighted by Crippen LogP contribution is -2.37. The highest BCUT2D eigenvalue weighted by atomic mass is 16.5. The summed E-state index contributed by atoms with van der Waals surface area (Å²) >= 11 is 0. The van der Waals surface area contributed by atoms with Gasteiger partial charge in [0.25, 0.3) is 5.91 Å². The second-order valence-corrected chi connectivity index (χ2v) is 5.75. The van der Waals surface area contributed by atoms with Crippen LogP contribution < -0.4 is 24.3 Å². The average Bonchev–Trinajstić information content (AvgIpc) is 2.67. The Labute approximate surface area is 154 Å². The van der Waals surface area contributed by atoms with Gasteiger partial charge in [-0.15, -0.1) is 0 Å². The molecule has 2 aromatic carbocycles. The van der Waals surface area contributed by atoms with Crippen molar-refractivity contribution in [1.82, 2.24) is 5.32 Å². The number of rotatable bonds is 8. The van der Waals surface area contributed by atoms with Crippen LogP contribution in [0.15, 0.2) is 42.5 Å². The number of methoxy groups -OCH3 is 3. The van der Waals surface area contributed by atoms with E-state index in [2.05, 4.69) is 5.32 Å². The molecule has 1 amide bonds. The predicted octanol–water partition coefficient (Wildman–Crippen LogP) is 3.36. The number of hydrogen-bond acceptors (Lipinski definition) is 5. The van der Waals surface area contributed by atoms with Gasteiger partial charge in [0, 0.05) is 5.56 Å². The molecule has 0 aliphatic rings. The van der Waals surface area contributed by atoms with Crippen LogP contribution in [0.2, 0.25) is 0 Å². The molecule has 0 fully saturated rings. The number of nitrogens with one attached hydrogen (secondary N) is 1. The highest BCUT2D eigenvalue weighted by molar-refractivity contribution is 5.81. The maximum Gasteiger partial charge on any atom is 0.261 e. The molecule has 0 bridgehead atoms. The van der Waals surface area contributed by atoms with Gasteiger partial charge >= 0.3 is 0 Å². The number of ether oxygens (including phenoxy) is 4. The number of hydrogen-bond donors (Lipinski definition) is 1. The topological polar surface area (TPSA) is 66.0 Å². The first-order valence-electron chi connectivity index (χ1n) is 8.32. The summed E-state index contributed by atoms with van der Waals surface area (Å²) in [5.41, 5.74) is 0.824. The second-order valence-electron chi connectivity index (χ2n) is 5.75. The molecule has 0 aliphatic carbocycles. The number of carbonyl (C=O) groups is 1. The third kappa shape index (κ3) is 4.59. The summed E-state index contributed by atoms with van der Waals surface area (Å²) in [5, 5.41) is 2.94. The maximum atomic E-state index is 12.5. The van der Waals surface area contributed by atoms with Crippen LogP contribution >= 0.6 is 0 Å². The van der Waals surface area contributed by atoms with E-state index in [1.165, 1.54) is 0 Å². The Hall–Kier alpha value is -2.89. The predicted molar refractivity (Wildman–Crippen MR) is 99.2 cm³/mol. The molecule has 0 aromatic heterocycles. The fourth-order valence-electron chi connectivity index (χ4n) is 2.55. The van der Waals surface area contributed by atoms with E-state index >= 15 is 0 Å². The summed E-state index contributed by atoms with van der Waals surface area (Å²) < 4.78 is 21.6. The number of carbonyl (C=O) groups excluding carboxylic acids is 1. The van der Waals surface area contributed by atoms with E-state index in [4.69, 9.17) is 18.9 Å². The Balaban J connectivity index is 2.09. The molecule has 0 radical (unpaired) electrons. The third-order valence-corrected chi connectivity index (χ3v) is 4.00. The van der Waals surface area contributed by atoms with Crippen molar-refractivity contribution in [2.45, 2.75) is 26.0 Å². The molecule has 2 atom stereocenters. The maximum absolute atomic E-state index is 12.5. The molecule has 2 rings (SSSR count).